The lowest BCUT2D eigenvalue weighted by Crippen LogP contribution is -2.52. The third kappa shape index (κ3) is 4.20. The number of nitro benzene ring substituents is 1. The number of amides is 1. The van der Waals surface area contributed by atoms with Crippen LogP contribution >= 0.6 is 11.8 Å². The van der Waals surface area contributed by atoms with E-state index in [9.17, 15) is 14.9 Å². The van der Waals surface area contributed by atoms with E-state index < -0.39 is 10.5 Å². The lowest BCUT2D eigenvalue weighted by molar-refractivity contribution is -0.387. The Kier molecular flexibility index (Phi) is 6.32. The summed E-state index contributed by atoms with van der Waals surface area (Å²) in [6.07, 6.45) is 2.86. The third-order valence-electron chi connectivity index (χ3n) is 4.41. The summed E-state index contributed by atoms with van der Waals surface area (Å²) in [4.78, 5) is 23.9. The van der Waals surface area contributed by atoms with Gasteiger partial charge in [-0.15, -0.1) is 10.2 Å². The molecule has 0 saturated heterocycles. The summed E-state index contributed by atoms with van der Waals surface area (Å²) in [6.45, 7) is 4.19. The number of aromatic nitrogens is 3. The molecule has 0 unspecified atom stereocenters. The summed E-state index contributed by atoms with van der Waals surface area (Å²) in [5.74, 6) is -0.377. The molecule has 1 aromatic heterocycles. The van der Waals surface area contributed by atoms with Crippen molar-refractivity contribution in [1.82, 2.24) is 20.1 Å². The molecule has 26 heavy (non-hydrogen) atoms. The first kappa shape index (κ1) is 19.9. The maximum Gasteiger partial charge on any atom is 0.284 e. The molecular weight excluding hydrogens is 356 g/mol. The number of rotatable bonds is 8. The van der Waals surface area contributed by atoms with Gasteiger partial charge < -0.3 is 15.6 Å². The van der Waals surface area contributed by atoms with Gasteiger partial charge >= 0.3 is 0 Å². The Morgan fingerprint density at radius 1 is 1.42 bits per heavy atom. The predicted octanol–water partition coefficient (Wildman–Crippen LogP) is 2.12. The van der Waals surface area contributed by atoms with Gasteiger partial charge in [0.2, 0.25) is 0 Å². The number of hydrogen-bond acceptors (Lipinski definition) is 7. The van der Waals surface area contributed by atoms with Crippen molar-refractivity contribution in [2.24, 2.45) is 12.8 Å². The first-order chi connectivity index (χ1) is 12.4. The maximum atomic E-state index is 12.6. The van der Waals surface area contributed by atoms with Crippen LogP contribution < -0.4 is 11.1 Å². The number of nitrogens with zero attached hydrogens (tertiary/aromatic N) is 4. The summed E-state index contributed by atoms with van der Waals surface area (Å²) in [5, 5.41) is 22.6. The van der Waals surface area contributed by atoms with Gasteiger partial charge in [-0.25, -0.2) is 0 Å². The smallest absolute Gasteiger partial charge is 0.284 e. The van der Waals surface area contributed by atoms with Crippen molar-refractivity contribution >= 4 is 23.4 Å². The van der Waals surface area contributed by atoms with Gasteiger partial charge in [0.25, 0.3) is 11.6 Å². The molecule has 0 bridgehead atoms. The Balaban J connectivity index is 2.31. The Morgan fingerprint density at radius 2 is 2.12 bits per heavy atom. The number of nitrogens with one attached hydrogen (secondary N) is 1. The van der Waals surface area contributed by atoms with Gasteiger partial charge in [-0.05, 0) is 36.7 Å². The van der Waals surface area contributed by atoms with Gasteiger partial charge in [-0.1, -0.05) is 13.8 Å². The van der Waals surface area contributed by atoms with Gasteiger partial charge in [-0.3, -0.25) is 14.9 Å². The number of carbonyl (C=O) groups is 1. The number of aryl methyl sites for hydroxylation is 1. The molecule has 2 aromatic rings. The number of benzene rings is 1. The first-order valence-electron chi connectivity index (χ1n) is 8.18. The molecule has 1 aromatic carbocycles. The lowest BCUT2D eigenvalue weighted by Gasteiger charge is -2.31. The first-order valence-corrected chi connectivity index (χ1v) is 9.00. The topological polar surface area (TPSA) is 129 Å². The number of carbonyl (C=O) groups excluding carboxylic acids is 1. The molecule has 0 aliphatic carbocycles. The summed E-state index contributed by atoms with van der Waals surface area (Å²) in [6, 6.07) is 4.39. The standard InChI is InChI=1S/C16H22N6O3S/c1-4-16(5-2,9-17)19-14(23)11-6-7-13(12(8-11)22(24)25)26-15-20-18-10-21(15)3/h6-8,10H,4-5,9,17H2,1-3H3,(H,19,23). The highest BCUT2D eigenvalue weighted by atomic mass is 32.2. The average Bonchev–Trinajstić information content (AvgIpc) is 3.04. The summed E-state index contributed by atoms with van der Waals surface area (Å²) in [5.41, 5.74) is 5.36. The van der Waals surface area contributed by atoms with Gasteiger partial charge in [0, 0.05) is 25.2 Å². The molecule has 0 spiro atoms. The zero-order valence-electron chi connectivity index (χ0n) is 14.9. The van der Waals surface area contributed by atoms with Gasteiger partial charge in [0.15, 0.2) is 5.16 Å². The largest absolute Gasteiger partial charge is 0.345 e. The molecular formula is C16H22N6O3S. The van der Waals surface area contributed by atoms with Crippen LogP contribution in [0.2, 0.25) is 0 Å². The Labute approximate surface area is 155 Å². The molecule has 0 atom stereocenters. The highest BCUT2D eigenvalue weighted by molar-refractivity contribution is 7.99. The van der Waals surface area contributed by atoms with Crippen molar-refractivity contribution < 1.29 is 9.72 Å². The molecule has 140 valence electrons. The van der Waals surface area contributed by atoms with E-state index >= 15 is 0 Å². The Hall–Kier alpha value is -2.46. The minimum atomic E-state index is -0.516. The van der Waals surface area contributed by atoms with E-state index in [0.717, 1.165) is 11.8 Å². The SMILES string of the molecule is CCC(CC)(CN)NC(=O)c1ccc(Sc2nncn2C)c([N+](=O)[O-])c1. The zero-order valence-corrected chi connectivity index (χ0v) is 15.7. The van der Waals surface area contributed by atoms with Crippen molar-refractivity contribution in [3.05, 3.63) is 40.2 Å². The van der Waals surface area contributed by atoms with Crippen LogP contribution in [0.25, 0.3) is 0 Å². The second-order valence-corrected chi connectivity index (χ2v) is 6.92. The lowest BCUT2D eigenvalue weighted by atomic mass is 9.92. The minimum Gasteiger partial charge on any atom is -0.345 e. The molecule has 0 fully saturated rings. The van der Waals surface area contributed by atoms with Crippen molar-refractivity contribution in [1.29, 1.82) is 0 Å². The number of nitrogens with two attached hydrogens (primary N) is 1. The number of nitro groups is 1. The highest BCUT2D eigenvalue weighted by Gasteiger charge is 2.28. The van der Waals surface area contributed by atoms with Crippen molar-refractivity contribution in [2.75, 3.05) is 6.54 Å². The molecule has 9 nitrogen and oxygen atoms in total. The van der Waals surface area contributed by atoms with E-state index in [1.165, 1.54) is 12.4 Å². The molecule has 1 amide bonds. The van der Waals surface area contributed by atoms with Crippen molar-refractivity contribution in [3.63, 3.8) is 0 Å². The minimum absolute atomic E-state index is 0.156. The van der Waals surface area contributed by atoms with Gasteiger partial charge in [-0.2, -0.15) is 0 Å². The van der Waals surface area contributed by atoms with Crippen LogP contribution in [0.1, 0.15) is 37.0 Å². The van der Waals surface area contributed by atoms with Crippen LogP contribution in [0.3, 0.4) is 0 Å². The molecule has 10 heteroatoms. The van der Waals surface area contributed by atoms with Crippen molar-refractivity contribution in [3.8, 4) is 0 Å². The summed E-state index contributed by atoms with van der Waals surface area (Å²) >= 11 is 1.12. The van der Waals surface area contributed by atoms with E-state index in [-0.39, 0.29) is 17.2 Å². The average molecular weight is 378 g/mol. The molecule has 0 aliphatic heterocycles. The Bertz CT molecular complexity index is 795. The van der Waals surface area contributed by atoms with Crippen LogP contribution in [-0.4, -0.2) is 37.7 Å². The Morgan fingerprint density at radius 3 is 2.62 bits per heavy atom. The van der Waals surface area contributed by atoms with E-state index in [1.54, 1.807) is 23.7 Å². The molecule has 1 heterocycles. The molecule has 0 radical (unpaired) electrons. The second kappa shape index (κ2) is 8.28. The fourth-order valence-corrected chi connectivity index (χ4v) is 3.28. The third-order valence-corrected chi connectivity index (χ3v) is 5.53. The van der Waals surface area contributed by atoms with Crippen LogP contribution in [0.15, 0.2) is 34.6 Å². The van der Waals surface area contributed by atoms with Gasteiger partial charge in [0.1, 0.15) is 6.33 Å². The second-order valence-electron chi connectivity index (χ2n) is 5.91. The molecule has 2 rings (SSSR count). The van der Waals surface area contributed by atoms with Crippen LogP contribution in [0.5, 0.6) is 0 Å². The number of hydrogen-bond donors (Lipinski definition) is 2. The maximum absolute atomic E-state index is 12.6. The molecule has 0 saturated carbocycles. The fraction of sp³-hybridized carbons (Fsp3) is 0.438. The van der Waals surface area contributed by atoms with E-state index in [2.05, 4.69) is 15.5 Å². The normalized spacial score (nSPS) is 11.4. The van der Waals surface area contributed by atoms with E-state index in [4.69, 9.17) is 5.73 Å². The molecule has 3 N–H and O–H groups in total. The van der Waals surface area contributed by atoms with E-state index in [0.29, 0.717) is 29.4 Å². The summed E-state index contributed by atoms with van der Waals surface area (Å²) in [7, 11) is 1.75. The quantitative estimate of drug-likeness (QED) is 0.531. The predicted molar refractivity (Wildman–Crippen MR) is 98.1 cm³/mol. The highest BCUT2D eigenvalue weighted by Crippen LogP contribution is 2.34. The van der Waals surface area contributed by atoms with Crippen LogP contribution in [0.4, 0.5) is 5.69 Å². The van der Waals surface area contributed by atoms with Crippen molar-refractivity contribution in [2.45, 2.75) is 42.3 Å². The van der Waals surface area contributed by atoms with Crippen LogP contribution in [0, 0.1) is 10.1 Å². The van der Waals surface area contributed by atoms with Crippen LogP contribution in [-0.2, 0) is 7.05 Å². The van der Waals surface area contributed by atoms with Gasteiger partial charge in [0.05, 0.1) is 15.4 Å². The fourth-order valence-electron chi connectivity index (χ4n) is 2.43. The summed E-state index contributed by atoms with van der Waals surface area (Å²) < 4.78 is 1.66. The monoisotopic (exact) mass is 378 g/mol. The van der Waals surface area contributed by atoms with E-state index in [1.807, 2.05) is 13.8 Å². The molecule has 0 aliphatic rings. The zero-order chi connectivity index (χ0) is 19.3.